The van der Waals surface area contributed by atoms with Crippen LogP contribution in [0.5, 0.6) is 0 Å². The fraction of sp³-hybridized carbons (Fsp3) is 0.300. The molecule has 27 heavy (non-hydrogen) atoms. The summed E-state index contributed by atoms with van der Waals surface area (Å²) < 4.78 is 0. The average Bonchev–Trinajstić information content (AvgIpc) is 2.65. The molecule has 0 aromatic heterocycles. The molecule has 2 N–H and O–H groups in total. The van der Waals surface area contributed by atoms with Crippen LogP contribution in [0, 0.1) is 5.92 Å². The zero-order valence-electron chi connectivity index (χ0n) is 14.3. The van der Waals surface area contributed by atoms with E-state index < -0.39 is 5.97 Å². The first-order chi connectivity index (χ1) is 12.8. The Kier molecular flexibility index (Phi) is 6.30. The molecule has 1 amide bonds. The predicted octanol–water partition coefficient (Wildman–Crippen LogP) is 6.26. The van der Waals surface area contributed by atoms with Gasteiger partial charge in [-0.1, -0.05) is 40.9 Å². The minimum absolute atomic E-state index is 0.249. The number of carbonyl (C=O) groups excluding carboxylic acids is 1. The molecule has 0 radical (unpaired) electrons. The van der Waals surface area contributed by atoms with Gasteiger partial charge in [-0.25, -0.2) is 0 Å². The third-order valence-corrected chi connectivity index (χ3v) is 6.02. The van der Waals surface area contributed by atoms with E-state index in [1.165, 1.54) is 6.07 Å². The lowest BCUT2D eigenvalue weighted by molar-refractivity contribution is -0.142. The smallest absolute Gasteiger partial charge is 0.306 e. The van der Waals surface area contributed by atoms with Crippen LogP contribution in [0.3, 0.4) is 0 Å². The molecule has 0 heterocycles. The first-order valence-corrected chi connectivity index (χ1v) is 9.77. The summed E-state index contributed by atoms with van der Waals surface area (Å²) in [6.45, 7) is 0. The van der Waals surface area contributed by atoms with E-state index in [1.54, 1.807) is 18.2 Å². The van der Waals surface area contributed by atoms with Crippen LogP contribution in [0.15, 0.2) is 36.4 Å². The van der Waals surface area contributed by atoms with E-state index in [1.807, 2.05) is 12.1 Å². The molecule has 1 aliphatic carbocycles. The van der Waals surface area contributed by atoms with Crippen molar-refractivity contribution in [3.8, 4) is 0 Å². The Morgan fingerprint density at radius 3 is 2.19 bits per heavy atom. The Hall–Kier alpha value is -1.75. The number of amides is 1. The van der Waals surface area contributed by atoms with Crippen LogP contribution in [0.2, 0.25) is 15.1 Å². The minimum atomic E-state index is -0.716. The maximum atomic E-state index is 12.4. The van der Waals surface area contributed by atoms with E-state index >= 15 is 0 Å². The second-order valence-corrected chi connectivity index (χ2v) is 7.93. The van der Waals surface area contributed by atoms with Crippen LogP contribution in [0.4, 0.5) is 5.69 Å². The molecule has 1 fully saturated rings. The number of halogens is 3. The first kappa shape index (κ1) is 20.0. The second kappa shape index (κ2) is 8.51. The van der Waals surface area contributed by atoms with E-state index in [-0.39, 0.29) is 17.7 Å². The van der Waals surface area contributed by atoms with E-state index in [4.69, 9.17) is 39.9 Å². The van der Waals surface area contributed by atoms with Crippen LogP contribution in [0.1, 0.15) is 47.5 Å². The van der Waals surface area contributed by atoms with Gasteiger partial charge in [-0.05, 0) is 67.5 Å². The molecular weight excluding hydrogens is 409 g/mol. The van der Waals surface area contributed by atoms with Gasteiger partial charge in [-0.3, -0.25) is 9.59 Å². The molecule has 2 aromatic rings. The van der Waals surface area contributed by atoms with Crippen molar-refractivity contribution in [2.75, 3.05) is 5.32 Å². The molecule has 3 rings (SSSR count). The standard InChI is InChI=1S/C20H18Cl3NO3/c21-15-7-5-14(10-16(15)22)19(25)24-18-8-6-13(9-17(18)23)11-1-3-12(4-2-11)20(26)27/h5-12H,1-4H2,(H,24,25)(H,26,27)/t11-,12-. The SMILES string of the molecule is O=C(Nc1ccc([C@H]2CC[C@H](C(=O)O)CC2)cc1Cl)c1ccc(Cl)c(Cl)c1. The monoisotopic (exact) mass is 425 g/mol. The number of carboxylic acid groups (broad SMARTS) is 1. The Bertz CT molecular complexity index is 877. The summed E-state index contributed by atoms with van der Waals surface area (Å²) in [6, 6.07) is 10.2. The molecule has 4 nitrogen and oxygen atoms in total. The molecule has 0 unspecified atom stereocenters. The Morgan fingerprint density at radius 1 is 0.889 bits per heavy atom. The number of anilines is 1. The van der Waals surface area contributed by atoms with Crippen molar-refractivity contribution < 1.29 is 14.7 Å². The highest BCUT2D eigenvalue weighted by molar-refractivity contribution is 6.42. The van der Waals surface area contributed by atoms with Crippen LogP contribution < -0.4 is 5.32 Å². The Balaban J connectivity index is 1.69. The summed E-state index contributed by atoms with van der Waals surface area (Å²) in [6.07, 6.45) is 2.99. The van der Waals surface area contributed by atoms with Crippen molar-refractivity contribution in [3.63, 3.8) is 0 Å². The Labute approximate surface area is 172 Å². The number of hydrogen-bond donors (Lipinski definition) is 2. The third-order valence-electron chi connectivity index (χ3n) is 4.97. The number of aliphatic carboxylic acids is 1. The molecule has 0 aliphatic heterocycles. The summed E-state index contributed by atoms with van der Waals surface area (Å²) in [5.74, 6) is -1.00. The van der Waals surface area contributed by atoms with Gasteiger partial charge < -0.3 is 10.4 Å². The maximum Gasteiger partial charge on any atom is 0.306 e. The molecular formula is C20H18Cl3NO3. The van der Waals surface area contributed by atoms with Crippen molar-refractivity contribution >= 4 is 52.4 Å². The number of carbonyl (C=O) groups is 2. The lowest BCUT2D eigenvalue weighted by Gasteiger charge is -2.26. The lowest BCUT2D eigenvalue weighted by atomic mass is 9.79. The minimum Gasteiger partial charge on any atom is -0.481 e. The molecule has 7 heteroatoms. The molecule has 0 atom stereocenters. The van der Waals surface area contributed by atoms with Crippen molar-refractivity contribution in [2.24, 2.45) is 5.92 Å². The van der Waals surface area contributed by atoms with Crippen molar-refractivity contribution in [3.05, 3.63) is 62.6 Å². The predicted molar refractivity (Wildman–Crippen MR) is 108 cm³/mol. The van der Waals surface area contributed by atoms with Crippen LogP contribution >= 0.6 is 34.8 Å². The van der Waals surface area contributed by atoms with Gasteiger partial charge in [0.05, 0.1) is 26.7 Å². The summed E-state index contributed by atoms with van der Waals surface area (Å²) >= 11 is 18.2. The van der Waals surface area contributed by atoms with Gasteiger partial charge in [-0.15, -0.1) is 0 Å². The van der Waals surface area contributed by atoms with Gasteiger partial charge in [0.1, 0.15) is 0 Å². The molecule has 0 spiro atoms. The molecule has 142 valence electrons. The van der Waals surface area contributed by atoms with Crippen LogP contribution in [-0.2, 0) is 4.79 Å². The van der Waals surface area contributed by atoms with Crippen molar-refractivity contribution in [1.29, 1.82) is 0 Å². The topological polar surface area (TPSA) is 66.4 Å². The van der Waals surface area contributed by atoms with Crippen molar-refractivity contribution in [2.45, 2.75) is 31.6 Å². The van der Waals surface area contributed by atoms with E-state index in [9.17, 15) is 9.59 Å². The highest BCUT2D eigenvalue weighted by Gasteiger charge is 2.27. The second-order valence-electron chi connectivity index (χ2n) is 6.71. The van der Waals surface area contributed by atoms with Crippen LogP contribution in [0.25, 0.3) is 0 Å². The van der Waals surface area contributed by atoms with E-state index in [0.29, 0.717) is 39.2 Å². The normalized spacial score (nSPS) is 19.5. The van der Waals surface area contributed by atoms with Crippen molar-refractivity contribution in [1.82, 2.24) is 0 Å². The number of carboxylic acids is 1. The number of nitrogens with one attached hydrogen (secondary N) is 1. The average molecular weight is 427 g/mol. The zero-order valence-corrected chi connectivity index (χ0v) is 16.6. The number of hydrogen-bond acceptors (Lipinski definition) is 2. The fourth-order valence-corrected chi connectivity index (χ4v) is 3.93. The fourth-order valence-electron chi connectivity index (χ4n) is 3.39. The summed E-state index contributed by atoms with van der Waals surface area (Å²) in [5.41, 5.74) is 1.96. The zero-order chi connectivity index (χ0) is 19.6. The summed E-state index contributed by atoms with van der Waals surface area (Å²) in [4.78, 5) is 23.5. The third kappa shape index (κ3) is 4.75. The largest absolute Gasteiger partial charge is 0.481 e. The van der Waals surface area contributed by atoms with Gasteiger partial charge in [0.25, 0.3) is 5.91 Å². The first-order valence-electron chi connectivity index (χ1n) is 8.64. The molecule has 0 saturated heterocycles. The van der Waals surface area contributed by atoms with Gasteiger partial charge >= 0.3 is 5.97 Å². The quantitative estimate of drug-likeness (QED) is 0.606. The lowest BCUT2D eigenvalue weighted by Crippen LogP contribution is -2.20. The summed E-state index contributed by atoms with van der Waals surface area (Å²) in [5, 5.41) is 13.0. The Morgan fingerprint density at radius 2 is 1.59 bits per heavy atom. The highest BCUT2D eigenvalue weighted by Crippen LogP contribution is 2.38. The van der Waals surface area contributed by atoms with E-state index in [0.717, 1.165) is 18.4 Å². The summed E-state index contributed by atoms with van der Waals surface area (Å²) in [7, 11) is 0. The highest BCUT2D eigenvalue weighted by atomic mass is 35.5. The molecule has 2 aromatic carbocycles. The van der Waals surface area contributed by atoms with Gasteiger partial charge in [-0.2, -0.15) is 0 Å². The molecule has 0 bridgehead atoms. The number of benzene rings is 2. The molecule has 1 saturated carbocycles. The van der Waals surface area contributed by atoms with Gasteiger partial charge in [0.15, 0.2) is 0 Å². The van der Waals surface area contributed by atoms with Gasteiger partial charge in [0, 0.05) is 5.56 Å². The molecule has 1 aliphatic rings. The maximum absolute atomic E-state index is 12.4. The van der Waals surface area contributed by atoms with Gasteiger partial charge in [0.2, 0.25) is 0 Å². The van der Waals surface area contributed by atoms with E-state index in [2.05, 4.69) is 5.32 Å². The van der Waals surface area contributed by atoms with Crippen LogP contribution in [-0.4, -0.2) is 17.0 Å². The number of rotatable bonds is 4.